The van der Waals surface area contributed by atoms with Gasteiger partial charge in [-0.3, -0.25) is 0 Å². The molecule has 0 unspecified atom stereocenters. The zero-order valence-electron chi connectivity index (χ0n) is 7.47. The lowest BCUT2D eigenvalue weighted by molar-refractivity contribution is 0.518. The minimum Gasteiger partial charge on any atom is -0.469 e. The number of nitrogens with zero attached hydrogens (tertiary/aromatic N) is 2. The molecule has 2 aromatic heterocycles. The van der Waals surface area contributed by atoms with Crippen LogP contribution in [0.15, 0.2) is 28.9 Å². The Hall–Kier alpha value is -2.04. The third-order valence-electron chi connectivity index (χ3n) is 1.84. The van der Waals surface area contributed by atoms with Gasteiger partial charge in [-0.1, -0.05) is 0 Å². The van der Waals surface area contributed by atoms with Crippen LogP contribution in [0.3, 0.4) is 0 Å². The van der Waals surface area contributed by atoms with Crippen LogP contribution in [0.5, 0.6) is 0 Å². The average molecular weight is 190 g/mol. The monoisotopic (exact) mass is 190 g/mol. The van der Waals surface area contributed by atoms with Gasteiger partial charge in [0.2, 0.25) is 0 Å². The van der Waals surface area contributed by atoms with Crippen LogP contribution in [-0.4, -0.2) is 10.2 Å². The van der Waals surface area contributed by atoms with E-state index in [1.165, 1.54) is 0 Å². The quantitative estimate of drug-likeness (QED) is 0.731. The van der Waals surface area contributed by atoms with Crippen molar-refractivity contribution in [1.82, 2.24) is 10.2 Å². The second kappa shape index (κ2) is 3.37. The lowest BCUT2D eigenvalue weighted by Gasteiger charge is -2.00. The van der Waals surface area contributed by atoms with Gasteiger partial charge in [-0.2, -0.15) is 5.10 Å². The van der Waals surface area contributed by atoms with Gasteiger partial charge in [-0.15, -0.1) is 5.10 Å². The van der Waals surface area contributed by atoms with Gasteiger partial charge in [0.15, 0.2) is 5.82 Å². The summed E-state index contributed by atoms with van der Waals surface area (Å²) in [5.74, 6) is 1.08. The number of aromatic nitrogens is 2. The zero-order chi connectivity index (χ0) is 9.97. The van der Waals surface area contributed by atoms with Crippen molar-refractivity contribution in [2.45, 2.75) is 6.42 Å². The van der Waals surface area contributed by atoms with Crippen LogP contribution in [0.2, 0.25) is 0 Å². The highest BCUT2D eigenvalue weighted by molar-refractivity contribution is 5.57. The molecule has 0 aliphatic carbocycles. The largest absolute Gasteiger partial charge is 0.469 e. The van der Waals surface area contributed by atoms with Gasteiger partial charge in [0.1, 0.15) is 5.76 Å². The van der Waals surface area contributed by atoms with Crippen LogP contribution >= 0.6 is 0 Å². The third-order valence-corrected chi connectivity index (χ3v) is 1.84. The fourth-order valence-electron chi connectivity index (χ4n) is 1.14. The van der Waals surface area contributed by atoms with E-state index in [0.29, 0.717) is 12.1 Å². The molecular formula is C9H10N4O. The second-order valence-electron chi connectivity index (χ2n) is 2.93. The van der Waals surface area contributed by atoms with E-state index in [0.717, 1.165) is 11.5 Å². The first-order chi connectivity index (χ1) is 6.75. The van der Waals surface area contributed by atoms with Crippen molar-refractivity contribution >= 4 is 11.5 Å². The van der Waals surface area contributed by atoms with Gasteiger partial charge in [-0.05, 0) is 18.2 Å². The Labute approximate surface area is 80.7 Å². The topological polar surface area (TPSA) is 91.0 Å². The summed E-state index contributed by atoms with van der Waals surface area (Å²) in [6.07, 6.45) is 2.19. The zero-order valence-corrected chi connectivity index (χ0v) is 7.47. The molecule has 14 heavy (non-hydrogen) atoms. The smallest absolute Gasteiger partial charge is 0.169 e. The Balaban J connectivity index is 2.22. The molecule has 0 bridgehead atoms. The number of rotatable bonds is 2. The van der Waals surface area contributed by atoms with Gasteiger partial charge in [-0.25, -0.2) is 0 Å². The van der Waals surface area contributed by atoms with Crippen LogP contribution < -0.4 is 11.5 Å². The molecule has 0 saturated carbocycles. The number of hydrogen-bond donors (Lipinski definition) is 2. The van der Waals surface area contributed by atoms with E-state index in [1.54, 1.807) is 12.3 Å². The molecule has 0 amide bonds. The molecule has 0 radical (unpaired) electrons. The van der Waals surface area contributed by atoms with Crippen molar-refractivity contribution < 1.29 is 4.42 Å². The fourth-order valence-corrected chi connectivity index (χ4v) is 1.14. The minimum atomic E-state index is 0.258. The summed E-state index contributed by atoms with van der Waals surface area (Å²) in [4.78, 5) is 0. The number of furan rings is 1. The summed E-state index contributed by atoms with van der Waals surface area (Å²) in [5, 5.41) is 7.62. The molecule has 5 heteroatoms. The first kappa shape index (κ1) is 8.55. The maximum absolute atomic E-state index is 5.59. The van der Waals surface area contributed by atoms with Gasteiger partial charge in [0.05, 0.1) is 24.1 Å². The lowest BCUT2D eigenvalue weighted by atomic mass is 10.2. The van der Waals surface area contributed by atoms with E-state index >= 15 is 0 Å². The molecule has 2 aromatic rings. The Bertz CT molecular complexity index is 424. The molecule has 2 heterocycles. The molecule has 0 aromatic carbocycles. The third kappa shape index (κ3) is 1.66. The number of anilines is 2. The summed E-state index contributed by atoms with van der Waals surface area (Å²) in [6, 6.07) is 5.39. The van der Waals surface area contributed by atoms with Crippen molar-refractivity contribution in [3.8, 4) is 0 Å². The predicted molar refractivity (Wildman–Crippen MR) is 52.4 cm³/mol. The van der Waals surface area contributed by atoms with Crippen molar-refractivity contribution in [3.63, 3.8) is 0 Å². The molecular weight excluding hydrogens is 180 g/mol. The molecule has 2 rings (SSSR count). The van der Waals surface area contributed by atoms with E-state index < -0.39 is 0 Å². The predicted octanol–water partition coefficient (Wildman–Crippen LogP) is 0.825. The van der Waals surface area contributed by atoms with Crippen molar-refractivity contribution in [3.05, 3.63) is 35.9 Å². The maximum Gasteiger partial charge on any atom is 0.169 e. The molecule has 0 saturated heterocycles. The minimum absolute atomic E-state index is 0.258. The normalized spacial score (nSPS) is 10.3. The van der Waals surface area contributed by atoms with Gasteiger partial charge in [0, 0.05) is 0 Å². The van der Waals surface area contributed by atoms with Gasteiger partial charge in [0.25, 0.3) is 0 Å². The Morgan fingerprint density at radius 2 is 2.14 bits per heavy atom. The van der Waals surface area contributed by atoms with Crippen molar-refractivity contribution in [2.75, 3.05) is 11.5 Å². The Morgan fingerprint density at radius 3 is 2.79 bits per heavy atom. The number of nitrogen functional groups attached to an aromatic ring is 2. The van der Waals surface area contributed by atoms with Crippen molar-refractivity contribution in [2.24, 2.45) is 0 Å². The van der Waals surface area contributed by atoms with Crippen LogP contribution in [0.25, 0.3) is 0 Å². The molecule has 0 spiro atoms. The van der Waals surface area contributed by atoms with Crippen LogP contribution in [-0.2, 0) is 6.42 Å². The molecule has 0 aliphatic rings. The molecule has 0 fully saturated rings. The standard InChI is InChI=1S/C9H10N4O/c10-8-5-6(12-13-9(8)11)4-7-2-1-3-14-7/h1-3,5H,4H2,(H2,10,12)(H2,11,13). The molecule has 5 nitrogen and oxygen atoms in total. The second-order valence-corrected chi connectivity index (χ2v) is 2.93. The van der Waals surface area contributed by atoms with E-state index in [9.17, 15) is 0 Å². The highest BCUT2D eigenvalue weighted by Gasteiger charge is 2.03. The van der Waals surface area contributed by atoms with Crippen LogP contribution in [0.4, 0.5) is 11.5 Å². The molecule has 72 valence electrons. The van der Waals surface area contributed by atoms with Gasteiger partial charge < -0.3 is 15.9 Å². The highest BCUT2D eigenvalue weighted by atomic mass is 16.3. The summed E-state index contributed by atoms with van der Waals surface area (Å²) in [6.45, 7) is 0. The van der Waals surface area contributed by atoms with E-state index in [4.69, 9.17) is 15.9 Å². The van der Waals surface area contributed by atoms with E-state index in [1.807, 2.05) is 12.1 Å². The first-order valence-corrected chi connectivity index (χ1v) is 4.15. The molecule has 0 aliphatic heterocycles. The van der Waals surface area contributed by atoms with E-state index in [2.05, 4.69) is 10.2 Å². The van der Waals surface area contributed by atoms with Crippen LogP contribution in [0.1, 0.15) is 11.5 Å². The first-order valence-electron chi connectivity index (χ1n) is 4.15. The summed E-state index contributed by atoms with van der Waals surface area (Å²) >= 11 is 0. The number of hydrogen-bond acceptors (Lipinski definition) is 5. The lowest BCUT2D eigenvalue weighted by Crippen LogP contribution is -2.02. The van der Waals surface area contributed by atoms with Crippen molar-refractivity contribution in [1.29, 1.82) is 0 Å². The SMILES string of the molecule is Nc1cc(Cc2ccco2)nnc1N. The van der Waals surface area contributed by atoms with Gasteiger partial charge >= 0.3 is 0 Å². The molecule has 4 N–H and O–H groups in total. The van der Waals surface area contributed by atoms with E-state index in [-0.39, 0.29) is 5.82 Å². The Kier molecular flexibility index (Phi) is 2.06. The summed E-state index contributed by atoms with van der Waals surface area (Å²) < 4.78 is 5.17. The maximum atomic E-state index is 5.59. The van der Waals surface area contributed by atoms with Crippen LogP contribution in [0, 0.1) is 0 Å². The average Bonchev–Trinajstić information content (AvgIpc) is 2.64. The number of nitrogens with two attached hydrogens (primary N) is 2. The molecule has 0 atom stereocenters. The summed E-state index contributed by atoms with van der Waals surface area (Å²) in [7, 11) is 0. The Morgan fingerprint density at radius 1 is 1.29 bits per heavy atom. The highest BCUT2D eigenvalue weighted by Crippen LogP contribution is 2.13. The summed E-state index contributed by atoms with van der Waals surface area (Å²) in [5.41, 5.74) is 12.2. The fraction of sp³-hybridized carbons (Fsp3) is 0.111.